The molecule has 7 nitrogen and oxygen atoms in total. The van der Waals surface area contributed by atoms with E-state index >= 15 is 0 Å². The minimum Gasteiger partial charge on any atom is -0.385 e. The van der Waals surface area contributed by atoms with Crippen molar-refractivity contribution in [2.75, 3.05) is 33.4 Å². The van der Waals surface area contributed by atoms with E-state index in [1.54, 1.807) is 7.11 Å². The number of nitrogens with one attached hydrogen (secondary N) is 2. The minimum atomic E-state index is -0.720. The van der Waals surface area contributed by atoms with Gasteiger partial charge in [0.25, 0.3) is 5.91 Å². The number of benzene rings is 1. The molecule has 8 heteroatoms. The fourth-order valence-electron chi connectivity index (χ4n) is 3.72. The third kappa shape index (κ3) is 7.94. The summed E-state index contributed by atoms with van der Waals surface area (Å²) in [6, 6.07) is 4.50. The van der Waals surface area contributed by atoms with Gasteiger partial charge in [-0.3, -0.25) is 14.4 Å². The van der Waals surface area contributed by atoms with Crippen LogP contribution in [0.4, 0.5) is 4.39 Å². The predicted molar refractivity (Wildman–Crippen MR) is 116 cm³/mol. The Balaban J connectivity index is 2.03. The second-order valence-electron chi connectivity index (χ2n) is 8.41. The Morgan fingerprint density at radius 3 is 2.39 bits per heavy atom. The second kappa shape index (κ2) is 12.4. The molecule has 1 fully saturated rings. The molecular formula is C23H34FN3O4. The lowest BCUT2D eigenvalue weighted by Gasteiger charge is -2.36. The monoisotopic (exact) mass is 435 g/mol. The Morgan fingerprint density at radius 1 is 1.16 bits per heavy atom. The Morgan fingerprint density at radius 2 is 1.81 bits per heavy atom. The first-order valence-electron chi connectivity index (χ1n) is 10.9. The first-order valence-corrected chi connectivity index (χ1v) is 10.9. The van der Waals surface area contributed by atoms with E-state index in [0.29, 0.717) is 63.4 Å². The topological polar surface area (TPSA) is 87.7 Å². The van der Waals surface area contributed by atoms with Gasteiger partial charge >= 0.3 is 0 Å². The van der Waals surface area contributed by atoms with Gasteiger partial charge in [0.1, 0.15) is 11.9 Å². The van der Waals surface area contributed by atoms with E-state index in [4.69, 9.17) is 4.74 Å². The van der Waals surface area contributed by atoms with Crippen LogP contribution in [0.5, 0.6) is 0 Å². The van der Waals surface area contributed by atoms with Gasteiger partial charge in [-0.15, -0.1) is 0 Å². The standard InChI is InChI=1S/C23H34FN3O4/c1-16(2)15-20(28)27-12-9-17(10-13-27)21(23(30)25-11-4-14-31-3)26-22(29)18-5-7-19(24)8-6-18/h5-8,16-17,21H,4,9-15H2,1-3H3,(H,25,30)(H,26,29)/t21-/m0/s1. The molecule has 1 aromatic carbocycles. The number of carbonyl (C=O) groups is 3. The van der Waals surface area contributed by atoms with Gasteiger partial charge in [0.2, 0.25) is 11.8 Å². The summed E-state index contributed by atoms with van der Waals surface area (Å²) in [6.07, 6.45) is 2.44. The number of hydrogen-bond acceptors (Lipinski definition) is 4. The third-order valence-corrected chi connectivity index (χ3v) is 5.45. The molecule has 0 saturated carbocycles. The van der Waals surface area contributed by atoms with Crippen molar-refractivity contribution in [3.8, 4) is 0 Å². The van der Waals surface area contributed by atoms with Gasteiger partial charge in [0.15, 0.2) is 0 Å². The molecule has 31 heavy (non-hydrogen) atoms. The van der Waals surface area contributed by atoms with Gasteiger partial charge in [0, 0.05) is 45.3 Å². The molecule has 2 rings (SSSR count). The number of rotatable bonds is 10. The molecule has 3 amide bonds. The highest BCUT2D eigenvalue weighted by Crippen LogP contribution is 2.23. The van der Waals surface area contributed by atoms with Crippen molar-refractivity contribution >= 4 is 17.7 Å². The molecule has 1 atom stereocenters. The van der Waals surface area contributed by atoms with E-state index in [1.807, 2.05) is 18.7 Å². The van der Waals surface area contributed by atoms with Crippen molar-refractivity contribution in [3.05, 3.63) is 35.6 Å². The average molecular weight is 436 g/mol. The van der Waals surface area contributed by atoms with E-state index in [-0.39, 0.29) is 17.7 Å². The Kier molecular flexibility index (Phi) is 9.91. The Bertz CT molecular complexity index is 731. The Hall–Kier alpha value is -2.48. The second-order valence-corrected chi connectivity index (χ2v) is 8.41. The van der Waals surface area contributed by atoms with Crippen LogP contribution >= 0.6 is 0 Å². The number of amides is 3. The molecule has 172 valence electrons. The largest absolute Gasteiger partial charge is 0.385 e. The number of halogens is 1. The molecule has 1 aliphatic heterocycles. The highest BCUT2D eigenvalue weighted by Gasteiger charge is 2.34. The van der Waals surface area contributed by atoms with Crippen LogP contribution in [-0.4, -0.2) is 62.0 Å². The van der Waals surface area contributed by atoms with Crippen LogP contribution in [0.2, 0.25) is 0 Å². The van der Waals surface area contributed by atoms with Crippen LogP contribution < -0.4 is 10.6 Å². The molecule has 0 bridgehead atoms. The number of methoxy groups -OCH3 is 1. The normalized spacial score (nSPS) is 15.6. The zero-order valence-electron chi connectivity index (χ0n) is 18.7. The van der Waals surface area contributed by atoms with Crippen LogP contribution in [0.3, 0.4) is 0 Å². The Labute approximate surface area is 183 Å². The number of hydrogen-bond donors (Lipinski definition) is 2. The maximum atomic E-state index is 13.2. The number of likely N-dealkylation sites (tertiary alicyclic amines) is 1. The molecule has 1 aliphatic rings. The number of ether oxygens (including phenoxy) is 1. The van der Waals surface area contributed by atoms with E-state index in [2.05, 4.69) is 10.6 Å². The van der Waals surface area contributed by atoms with E-state index < -0.39 is 17.8 Å². The van der Waals surface area contributed by atoms with Gasteiger partial charge in [0.05, 0.1) is 0 Å². The fourth-order valence-corrected chi connectivity index (χ4v) is 3.72. The molecule has 1 aromatic rings. The summed E-state index contributed by atoms with van der Waals surface area (Å²) in [5, 5.41) is 5.70. The number of piperidine rings is 1. The van der Waals surface area contributed by atoms with E-state index in [1.165, 1.54) is 24.3 Å². The fraction of sp³-hybridized carbons (Fsp3) is 0.609. The van der Waals surface area contributed by atoms with Crippen LogP contribution in [0.1, 0.15) is 49.9 Å². The summed E-state index contributed by atoms with van der Waals surface area (Å²) >= 11 is 0. The third-order valence-electron chi connectivity index (χ3n) is 5.45. The van der Waals surface area contributed by atoms with Gasteiger partial charge in [-0.05, 0) is 55.4 Å². The van der Waals surface area contributed by atoms with E-state index in [9.17, 15) is 18.8 Å². The summed E-state index contributed by atoms with van der Waals surface area (Å²) < 4.78 is 18.2. The predicted octanol–water partition coefficient (Wildman–Crippen LogP) is 2.36. The lowest BCUT2D eigenvalue weighted by Crippen LogP contribution is -2.54. The van der Waals surface area contributed by atoms with Crippen LogP contribution in [0.15, 0.2) is 24.3 Å². The summed E-state index contributed by atoms with van der Waals surface area (Å²) in [7, 11) is 1.60. The molecule has 1 saturated heterocycles. The lowest BCUT2D eigenvalue weighted by molar-refractivity contribution is -0.133. The molecular weight excluding hydrogens is 401 g/mol. The summed E-state index contributed by atoms with van der Waals surface area (Å²) in [5.74, 6) is -0.763. The van der Waals surface area contributed by atoms with Gasteiger partial charge < -0.3 is 20.3 Å². The van der Waals surface area contributed by atoms with Crippen LogP contribution in [0, 0.1) is 17.7 Å². The highest BCUT2D eigenvalue weighted by molar-refractivity contribution is 5.97. The molecule has 1 heterocycles. The lowest BCUT2D eigenvalue weighted by atomic mass is 9.88. The number of nitrogens with zero attached hydrogens (tertiary/aromatic N) is 1. The SMILES string of the molecule is COCCCNC(=O)[C@@H](NC(=O)c1ccc(F)cc1)C1CCN(C(=O)CC(C)C)CC1. The molecule has 0 aliphatic carbocycles. The molecule has 0 unspecified atom stereocenters. The zero-order chi connectivity index (χ0) is 22.8. The van der Waals surface area contributed by atoms with E-state index in [0.717, 1.165) is 0 Å². The van der Waals surface area contributed by atoms with Crippen LogP contribution in [0.25, 0.3) is 0 Å². The van der Waals surface area contributed by atoms with Crippen molar-refractivity contribution in [2.45, 2.75) is 45.6 Å². The van der Waals surface area contributed by atoms with Crippen LogP contribution in [-0.2, 0) is 14.3 Å². The van der Waals surface area contributed by atoms with Crippen molar-refractivity contribution < 1.29 is 23.5 Å². The smallest absolute Gasteiger partial charge is 0.251 e. The minimum absolute atomic E-state index is 0.0880. The summed E-state index contributed by atoms with van der Waals surface area (Å²) in [6.45, 7) is 6.13. The zero-order valence-corrected chi connectivity index (χ0v) is 18.7. The summed E-state index contributed by atoms with van der Waals surface area (Å²) in [4.78, 5) is 39.8. The van der Waals surface area contributed by atoms with Gasteiger partial charge in [-0.2, -0.15) is 0 Å². The average Bonchev–Trinajstić information content (AvgIpc) is 2.75. The van der Waals surface area contributed by atoms with Gasteiger partial charge in [-0.1, -0.05) is 13.8 Å². The molecule has 0 spiro atoms. The van der Waals surface area contributed by atoms with Crippen molar-refractivity contribution in [1.82, 2.24) is 15.5 Å². The highest BCUT2D eigenvalue weighted by atomic mass is 19.1. The molecule has 0 radical (unpaired) electrons. The first kappa shape index (κ1) is 24.8. The maximum absolute atomic E-state index is 13.2. The number of carbonyl (C=O) groups excluding carboxylic acids is 3. The summed E-state index contributed by atoms with van der Waals surface area (Å²) in [5.41, 5.74) is 0.295. The quantitative estimate of drug-likeness (QED) is 0.553. The van der Waals surface area contributed by atoms with Gasteiger partial charge in [-0.25, -0.2) is 4.39 Å². The van der Waals surface area contributed by atoms with Crippen molar-refractivity contribution in [2.24, 2.45) is 11.8 Å². The first-order chi connectivity index (χ1) is 14.8. The molecule has 0 aromatic heterocycles. The molecule has 2 N–H and O–H groups in total. The van der Waals surface area contributed by atoms with Crippen molar-refractivity contribution in [3.63, 3.8) is 0 Å². The van der Waals surface area contributed by atoms with Crippen molar-refractivity contribution in [1.29, 1.82) is 0 Å². The maximum Gasteiger partial charge on any atom is 0.251 e.